The number of carbonyl (C=O) groups is 1. The Balaban J connectivity index is 2.06. The van der Waals surface area contributed by atoms with E-state index in [1.807, 2.05) is 39.0 Å². The van der Waals surface area contributed by atoms with Crippen LogP contribution in [0.2, 0.25) is 0 Å². The second kappa shape index (κ2) is 6.58. The quantitative estimate of drug-likeness (QED) is 0.882. The van der Waals surface area contributed by atoms with E-state index in [2.05, 4.69) is 19.2 Å². The predicted octanol–water partition coefficient (Wildman–Crippen LogP) is 1.32. The highest BCUT2D eigenvalue weighted by atomic mass is 16.5. The first-order chi connectivity index (χ1) is 9.88. The van der Waals surface area contributed by atoms with Crippen LogP contribution in [0, 0.1) is 13.8 Å². The van der Waals surface area contributed by atoms with E-state index < -0.39 is 0 Å². The van der Waals surface area contributed by atoms with Crippen molar-refractivity contribution in [2.24, 2.45) is 0 Å². The molecule has 0 radical (unpaired) electrons. The molecule has 0 aliphatic carbocycles. The number of quaternary nitrogens is 1. The number of hydrogen-bond acceptors (Lipinski definition) is 2. The molecule has 116 valence electrons. The molecule has 0 saturated carbocycles. The van der Waals surface area contributed by atoms with Gasteiger partial charge in [0.15, 0.2) is 6.04 Å². The number of ether oxygens (including phenoxy) is 1. The lowest BCUT2D eigenvalue weighted by Crippen LogP contribution is -3.19. The molecule has 21 heavy (non-hydrogen) atoms. The van der Waals surface area contributed by atoms with Gasteiger partial charge in [0, 0.05) is 5.69 Å². The van der Waals surface area contributed by atoms with Crippen LogP contribution in [-0.4, -0.2) is 37.2 Å². The third-order valence-corrected chi connectivity index (χ3v) is 4.30. The normalized spacial score (nSPS) is 27.2. The fourth-order valence-corrected chi connectivity index (χ4v) is 3.10. The maximum absolute atomic E-state index is 12.6. The zero-order valence-electron chi connectivity index (χ0n) is 13.7. The van der Waals surface area contributed by atoms with E-state index in [1.54, 1.807) is 0 Å². The SMILES string of the molecule is Cc1cccc(C)c1NC(=O)[C@@H](C)[NH+]1C[C@@H](C)O[C@H](C)C1. The Kier molecular flexibility index (Phi) is 5.01. The Hall–Kier alpha value is -1.39. The van der Waals surface area contributed by atoms with E-state index in [-0.39, 0.29) is 24.2 Å². The Morgan fingerprint density at radius 1 is 1.24 bits per heavy atom. The molecule has 1 aromatic carbocycles. The van der Waals surface area contributed by atoms with Crippen molar-refractivity contribution in [3.63, 3.8) is 0 Å². The summed E-state index contributed by atoms with van der Waals surface area (Å²) >= 11 is 0. The van der Waals surface area contributed by atoms with Crippen molar-refractivity contribution < 1.29 is 14.4 Å². The van der Waals surface area contributed by atoms with Crippen LogP contribution in [0.4, 0.5) is 5.69 Å². The Bertz CT molecular complexity index is 485. The first-order valence-corrected chi connectivity index (χ1v) is 7.75. The van der Waals surface area contributed by atoms with Crippen LogP contribution in [0.5, 0.6) is 0 Å². The molecule has 0 bridgehead atoms. The van der Waals surface area contributed by atoms with Crippen LogP contribution in [0.3, 0.4) is 0 Å². The van der Waals surface area contributed by atoms with Gasteiger partial charge in [-0.05, 0) is 45.7 Å². The third-order valence-electron chi connectivity index (χ3n) is 4.30. The zero-order valence-corrected chi connectivity index (χ0v) is 13.7. The van der Waals surface area contributed by atoms with Crippen molar-refractivity contribution in [3.05, 3.63) is 29.3 Å². The average Bonchev–Trinajstić information content (AvgIpc) is 2.41. The van der Waals surface area contributed by atoms with Gasteiger partial charge >= 0.3 is 0 Å². The number of hydrogen-bond donors (Lipinski definition) is 2. The Labute approximate surface area is 127 Å². The Morgan fingerprint density at radius 2 is 1.76 bits per heavy atom. The zero-order chi connectivity index (χ0) is 15.6. The van der Waals surface area contributed by atoms with Gasteiger partial charge in [-0.3, -0.25) is 4.79 Å². The fourth-order valence-electron chi connectivity index (χ4n) is 3.10. The van der Waals surface area contributed by atoms with Crippen LogP contribution in [-0.2, 0) is 9.53 Å². The smallest absolute Gasteiger partial charge is 0.282 e. The molecule has 1 fully saturated rings. The molecule has 1 saturated heterocycles. The van der Waals surface area contributed by atoms with Gasteiger partial charge in [0.2, 0.25) is 0 Å². The molecule has 1 aromatic rings. The van der Waals surface area contributed by atoms with Crippen molar-refractivity contribution in [1.29, 1.82) is 0 Å². The lowest BCUT2D eigenvalue weighted by molar-refractivity contribution is -0.928. The molecule has 2 N–H and O–H groups in total. The molecule has 1 aliphatic rings. The maximum Gasteiger partial charge on any atom is 0.282 e. The highest BCUT2D eigenvalue weighted by Gasteiger charge is 2.33. The van der Waals surface area contributed by atoms with Gasteiger partial charge in [-0.2, -0.15) is 0 Å². The molecule has 1 heterocycles. The number of para-hydroxylation sites is 1. The molecule has 4 nitrogen and oxygen atoms in total. The van der Waals surface area contributed by atoms with Crippen LogP contribution in [0.1, 0.15) is 31.9 Å². The highest BCUT2D eigenvalue weighted by Crippen LogP contribution is 2.19. The lowest BCUT2D eigenvalue weighted by Gasteiger charge is -2.35. The van der Waals surface area contributed by atoms with Gasteiger partial charge in [0.05, 0.1) is 0 Å². The van der Waals surface area contributed by atoms with Crippen molar-refractivity contribution >= 4 is 11.6 Å². The predicted molar refractivity (Wildman–Crippen MR) is 84.7 cm³/mol. The van der Waals surface area contributed by atoms with E-state index in [4.69, 9.17) is 4.74 Å². The molecular weight excluding hydrogens is 264 g/mol. The summed E-state index contributed by atoms with van der Waals surface area (Å²) in [6.07, 6.45) is 0.415. The first-order valence-electron chi connectivity index (χ1n) is 7.75. The molecule has 1 amide bonds. The number of aryl methyl sites for hydroxylation is 2. The van der Waals surface area contributed by atoms with Crippen molar-refractivity contribution in [2.45, 2.75) is 52.9 Å². The van der Waals surface area contributed by atoms with Crippen LogP contribution in [0.15, 0.2) is 18.2 Å². The van der Waals surface area contributed by atoms with E-state index >= 15 is 0 Å². The van der Waals surface area contributed by atoms with Crippen LogP contribution in [0.25, 0.3) is 0 Å². The number of benzene rings is 1. The highest BCUT2D eigenvalue weighted by molar-refractivity contribution is 5.95. The summed E-state index contributed by atoms with van der Waals surface area (Å²) in [6, 6.07) is 6.00. The van der Waals surface area contributed by atoms with Gasteiger partial charge in [-0.25, -0.2) is 0 Å². The largest absolute Gasteiger partial charge is 0.364 e. The molecule has 0 spiro atoms. The molecule has 3 atom stereocenters. The van der Waals surface area contributed by atoms with E-state index in [0.29, 0.717) is 0 Å². The monoisotopic (exact) mass is 291 g/mol. The van der Waals surface area contributed by atoms with Crippen molar-refractivity contribution in [1.82, 2.24) is 0 Å². The maximum atomic E-state index is 12.6. The minimum absolute atomic E-state index is 0.0715. The van der Waals surface area contributed by atoms with Crippen molar-refractivity contribution in [2.75, 3.05) is 18.4 Å². The minimum atomic E-state index is -0.0715. The summed E-state index contributed by atoms with van der Waals surface area (Å²) in [4.78, 5) is 13.9. The number of rotatable bonds is 3. The second-order valence-corrected chi connectivity index (χ2v) is 6.30. The lowest BCUT2D eigenvalue weighted by atomic mass is 10.1. The summed E-state index contributed by atoms with van der Waals surface area (Å²) in [7, 11) is 0. The molecule has 4 heteroatoms. The molecule has 2 rings (SSSR count). The number of nitrogens with one attached hydrogen (secondary N) is 2. The molecule has 0 aromatic heterocycles. The summed E-state index contributed by atoms with van der Waals surface area (Å²) in [5.74, 6) is 0.0868. The number of amides is 1. The van der Waals surface area contributed by atoms with Crippen molar-refractivity contribution in [3.8, 4) is 0 Å². The van der Waals surface area contributed by atoms with E-state index in [1.165, 1.54) is 4.90 Å². The van der Waals surface area contributed by atoms with Gasteiger partial charge in [0.1, 0.15) is 25.3 Å². The van der Waals surface area contributed by atoms with Crippen LogP contribution >= 0.6 is 0 Å². The third kappa shape index (κ3) is 3.83. The van der Waals surface area contributed by atoms with E-state index in [0.717, 1.165) is 29.9 Å². The Morgan fingerprint density at radius 3 is 2.29 bits per heavy atom. The molecular formula is C17H27N2O2+. The van der Waals surface area contributed by atoms with E-state index in [9.17, 15) is 4.79 Å². The summed E-state index contributed by atoms with van der Waals surface area (Å²) < 4.78 is 5.75. The second-order valence-electron chi connectivity index (χ2n) is 6.30. The molecule has 1 aliphatic heterocycles. The number of anilines is 1. The minimum Gasteiger partial charge on any atom is -0.364 e. The first kappa shape index (κ1) is 16.0. The standard InChI is InChI=1S/C17H26N2O2/c1-11-7-6-8-12(2)16(11)18-17(20)15(5)19-9-13(3)21-14(4)10-19/h6-8,13-15H,9-10H2,1-5H3,(H,18,20)/p+1/t13-,14-,15-/m1/s1. The van der Waals surface area contributed by atoms with Crippen LogP contribution < -0.4 is 10.2 Å². The molecule has 0 unspecified atom stereocenters. The van der Waals surface area contributed by atoms with Gasteiger partial charge in [-0.15, -0.1) is 0 Å². The number of carbonyl (C=O) groups excluding carboxylic acids is 1. The average molecular weight is 291 g/mol. The summed E-state index contributed by atoms with van der Waals surface area (Å²) in [5.41, 5.74) is 3.16. The fraction of sp³-hybridized carbons (Fsp3) is 0.588. The van der Waals surface area contributed by atoms with Gasteiger partial charge < -0.3 is 15.0 Å². The van der Waals surface area contributed by atoms with Gasteiger partial charge in [0.25, 0.3) is 5.91 Å². The van der Waals surface area contributed by atoms with Gasteiger partial charge in [-0.1, -0.05) is 18.2 Å². The summed E-state index contributed by atoms with van der Waals surface area (Å²) in [5, 5.41) is 3.10. The summed E-state index contributed by atoms with van der Waals surface area (Å²) in [6.45, 7) is 12.0. The topological polar surface area (TPSA) is 42.8 Å². The number of morpholine rings is 1.